The van der Waals surface area contributed by atoms with E-state index in [1.807, 2.05) is 29.6 Å². The maximum atomic E-state index is 12.2. The molecular formula is C18H15N5O2S2. The van der Waals surface area contributed by atoms with Crippen molar-refractivity contribution in [2.24, 2.45) is 0 Å². The third-order valence-corrected chi connectivity index (χ3v) is 5.41. The van der Waals surface area contributed by atoms with Gasteiger partial charge < -0.3 is 5.32 Å². The van der Waals surface area contributed by atoms with Gasteiger partial charge in [-0.3, -0.25) is 9.59 Å². The maximum absolute atomic E-state index is 12.2. The molecular weight excluding hydrogens is 382 g/mol. The monoisotopic (exact) mass is 397 g/mol. The van der Waals surface area contributed by atoms with Crippen LogP contribution in [-0.2, 0) is 11.3 Å². The molecule has 0 aliphatic rings. The Morgan fingerprint density at radius 3 is 2.89 bits per heavy atom. The minimum absolute atomic E-state index is 0.127. The number of carbonyl (C=O) groups is 1. The number of anilines is 1. The summed E-state index contributed by atoms with van der Waals surface area (Å²) >= 11 is 2.68. The Morgan fingerprint density at radius 1 is 1.11 bits per heavy atom. The first-order valence-corrected chi connectivity index (χ1v) is 9.95. The molecule has 1 N–H and O–H groups in total. The third kappa shape index (κ3) is 3.93. The highest BCUT2D eigenvalue weighted by atomic mass is 32.1. The Kier molecular flexibility index (Phi) is 5.03. The lowest BCUT2D eigenvalue weighted by Crippen LogP contribution is -2.23. The van der Waals surface area contributed by atoms with Crippen LogP contribution >= 0.6 is 23.1 Å². The Morgan fingerprint density at radius 2 is 2.04 bits per heavy atom. The molecule has 4 aromatic rings. The van der Waals surface area contributed by atoms with Gasteiger partial charge in [0.25, 0.3) is 5.56 Å². The summed E-state index contributed by atoms with van der Waals surface area (Å²) in [5.41, 5.74) is 2.70. The molecule has 0 fully saturated rings. The second-order valence-electron chi connectivity index (χ2n) is 5.85. The lowest BCUT2D eigenvalue weighted by Gasteiger charge is -2.07. The Balaban J connectivity index is 1.38. The van der Waals surface area contributed by atoms with Gasteiger partial charge >= 0.3 is 0 Å². The van der Waals surface area contributed by atoms with E-state index in [0.717, 1.165) is 27.8 Å². The smallest absolute Gasteiger partial charge is 0.266 e. The number of hydrogen-bond acceptors (Lipinski definition) is 7. The number of amides is 1. The van der Waals surface area contributed by atoms with Gasteiger partial charge in [-0.1, -0.05) is 12.1 Å². The molecule has 0 radical (unpaired) electrons. The molecule has 27 heavy (non-hydrogen) atoms. The second-order valence-corrected chi connectivity index (χ2v) is 7.32. The molecule has 0 aliphatic carbocycles. The number of carbonyl (C=O) groups excluding carboxylic acids is 1. The van der Waals surface area contributed by atoms with Crippen LogP contribution in [0.5, 0.6) is 0 Å². The first-order chi connectivity index (χ1) is 13.2. The molecule has 136 valence electrons. The van der Waals surface area contributed by atoms with Crippen molar-refractivity contribution in [3.05, 3.63) is 58.2 Å². The molecule has 1 amide bonds. The van der Waals surface area contributed by atoms with E-state index in [9.17, 15) is 9.59 Å². The van der Waals surface area contributed by atoms with Crippen LogP contribution in [0.15, 0.2) is 52.6 Å². The molecule has 4 rings (SSSR count). The van der Waals surface area contributed by atoms with Gasteiger partial charge in [0, 0.05) is 19.0 Å². The SMILES string of the molecule is O=C(CCCn1nc(-c2cccs2)ccc1=O)Nc1cccc2nsnc12. The predicted octanol–water partition coefficient (Wildman–Crippen LogP) is 3.40. The summed E-state index contributed by atoms with van der Waals surface area (Å²) < 4.78 is 9.78. The normalized spacial score (nSPS) is 11.0. The van der Waals surface area contributed by atoms with Crippen molar-refractivity contribution in [2.75, 3.05) is 5.32 Å². The van der Waals surface area contributed by atoms with Gasteiger partial charge in [0.15, 0.2) is 0 Å². The van der Waals surface area contributed by atoms with Crippen molar-refractivity contribution in [2.45, 2.75) is 19.4 Å². The van der Waals surface area contributed by atoms with E-state index in [1.165, 1.54) is 10.7 Å². The van der Waals surface area contributed by atoms with Crippen LogP contribution in [0.4, 0.5) is 5.69 Å². The zero-order valence-electron chi connectivity index (χ0n) is 14.2. The molecule has 7 nitrogen and oxygen atoms in total. The van der Waals surface area contributed by atoms with Gasteiger partial charge in [-0.25, -0.2) is 4.68 Å². The fourth-order valence-electron chi connectivity index (χ4n) is 2.67. The van der Waals surface area contributed by atoms with Gasteiger partial charge in [-0.05, 0) is 36.1 Å². The standard InChI is InChI=1S/C18H15N5O2S2/c24-16(19-13-4-1-5-14-18(13)22-27-21-14)7-2-10-23-17(25)9-8-12(20-23)15-6-3-11-26-15/h1,3-6,8-9,11H,2,7,10H2,(H,19,24). The molecule has 0 saturated carbocycles. The molecule has 3 aromatic heterocycles. The highest BCUT2D eigenvalue weighted by Crippen LogP contribution is 2.22. The van der Waals surface area contributed by atoms with E-state index in [2.05, 4.69) is 19.2 Å². The van der Waals surface area contributed by atoms with Gasteiger partial charge in [0.1, 0.15) is 16.7 Å². The number of aryl methyl sites for hydroxylation is 1. The van der Waals surface area contributed by atoms with Crippen LogP contribution in [0.1, 0.15) is 12.8 Å². The highest BCUT2D eigenvalue weighted by molar-refractivity contribution is 7.13. The van der Waals surface area contributed by atoms with Crippen LogP contribution in [0.25, 0.3) is 21.6 Å². The van der Waals surface area contributed by atoms with Crippen LogP contribution in [0.2, 0.25) is 0 Å². The lowest BCUT2D eigenvalue weighted by atomic mass is 10.2. The molecule has 0 bridgehead atoms. The summed E-state index contributed by atoms with van der Waals surface area (Å²) in [6.45, 7) is 0.383. The minimum Gasteiger partial charge on any atom is -0.324 e. The van der Waals surface area contributed by atoms with Gasteiger partial charge in [-0.2, -0.15) is 13.8 Å². The number of nitrogens with one attached hydrogen (secondary N) is 1. The summed E-state index contributed by atoms with van der Waals surface area (Å²) in [7, 11) is 0. The van der Waals surface area contributed by atoms with Crippen molar-refractivity contribution < 1.29 is 4.79 Å². The average Bonchev–Trinajstić information content (AvgIpc) is 3.35. The molecule has 0 aliphatic heterocycles. The number of fused-ring (bicyclic) bond motifs is 1. The quantitative estimate of drug-likeness (QED) is 0.539. The summed E-state index contributed by atoms with van der Waals surface area (Å²) in [5, 5.41) is 9.23. The minimum atomic E-state index is -0.172. The summed E-state index contributed by atoms with van der Waals surface area (Å²) in [6, 6.07) is 12.6. The lowest BCUT2D eigenvalue weighted by molar-refractivity contribution is -0.116. The van der Waals surface area contributed by atoms with Crippen molar-refractivity contribution in [1.82, 2.24) is 18.5 Å². The summed E-state index contributed by atoms with van der Waals surface area (Å²) in [5.74, 6) is -0.127. The first kappa shape index (κ1) is 17.5. The van der Waals surface area contributed by atoms with Gasteiger partial charge in [0.2, 0.25) is 5.91 Å². The maximum Gasteiger partial charge on any atom is 0.266 e. The van der Waals surface area contributed by atoms with Crippen molar-refractivity contribution in [1.29, 1.82) is 0 Å². The van der Waals surface area contributed by atoms with E-state index in [1.54, 1.807) is 23.5 Å². The van der Waals surface area contributed by atoms with Crippen molar-refractivity contribution in [3.8, 4) is 10.6 Å². The topological polar surface area (TPSA) is 89.8 Å². The van der Waals surface area contributed by atoms with Gasteiger partial charge in [0.05, 0.1) is 22.3 Å². The number of nitrogens with zero attached hydrogens (tertiary/aromatic N) is 4. The Bertz CT molecular complexity index is 1130. The highest BCUT2D eigenvalue weighted by Gasteiger charge is 2.09. The molecule has 0 saturated heterocycles. The first-order valence-electron chi connectivity index (χ1n) is 8.34. The van der Waals surface area contributed by atoms with E-state index in [4.69, 9.17) is 0 Å². The van der Waals surface area contributed by atoms with Crippen molar-refractivity contribution in [3.63, 3.8) is 0 Å². The molecule has 0 unspecified atom stereocenters. The second kappa shape index (κ2) is 7.77. The van der Waals surface area contributed by atoms with Crippen LogP contribution in [-0.4, -0.2) is 24.4 Å². The van der Waals surface area contributed by atoms with Crippen LogP contribution in [0.3, 0.4) is 0 Å². The zero-order valence-corrected chi connectivity index (χ0v) is 15.8. The van der Waals surface area contributed by atoms with E-state index >= 15 is 0 Å². The number of rotatable bonds is 6. The molecule has 3 heterocycles. The van der Waals surface area contributed by atoms with Crippen LogP contribution in [0, 0.1) is 0 Å². The number of benzene rings is 1. The Labute approximate surface area is 162 Å². The number of hydrogen-bond donors (Lipinski definition) is 1. The van der Waals surface area contributed by atoms with E-state index in [0.29, 0.717) is 24.2 Å². The van der Waals surface area contributed by atoms with Gasteiger partial charge in [-0.15, -0.1) is 11.3 Å². The Hall–Kier alpha value is -2.91. The van der Waals surface area contributed by atoms with E-state index < -0.39 is 0 Å². The van der Waals surface area contributed by atoms with Crippen molar-refractivity contribution >= 4 is 45.7 Å². The molecule has 9 heteroatoms. The molecule has 0 atom stereocenters. The number of thiophene rings is 1. The largest absolute Gasteiger partial charge is 0.324 e. The summed E-state index contributed by atoms with van der Waals surface area (Å²) in [6.07, 6.45) is 0.795. The predicted molar refractivity (Wildman–Crippen MR) is 107 cm³/mol. The molecule has 0 spiro atoms. The average molecular weight is 397 g/mol. The fraction of sp³-hybridized carbons (Fsp3) is 0.167. The number of aromatic nitrogens is 4. The van der Waals surface area contributed by atoms with E-state index in [-0.39, 0.29) is 17.9 Å². The zero-order chi connectivity index (χ0) is 18.6. The van der Waals surface area contributed by atoms with Crippen LogP contribution < -0.4 is 10.9 Å². The summed E-state index contributed by atoms with van der Waals surface area (Å²) in [4.78, 5) is 25.3. The third-order valence-electron chi connectivity index (χ3n) is 3.97. The molecule has 1 aromatic carbocycles. The fourth-order valence-corrected chi connectivity index (χ4v) is 3.91.